The second-order valence-electron chi connectivity index (χ2n) is 6.42. The van der Waals surface area contributed by atoms with Crippen LogP contribution in [0, 0.1) is 5.92 Å². The van der Waals surface area contributed by atoms with Gasteiger partial charge in [-0.1, -0.05) is 23.7 Å². The Morgan fingerprint density at radius 1 is 1.45 bits per heavy atom. The summed E-state index contributed by atoms with van der Waals surface area (Å²) in [5.41, 5.74) is 1.10. The molecule has 5 heteroatoms. The SMILES string of the molecule is C[C@H](Cc1cccc(Cl)c1)NC(=O)[C@@H]1CC(=O)N(C2CC2)C1. The number of rotatable bonds is 5. The van der Waals surface area contributed by atoms with Crippen LogP contribution in [0.25, 0.3) is 0 Å². The van der Waals surface area contributed by atoms with Gasteiger partial charge < -0.3 is 10.2 Å². The molecule has 2 aliphatic rings. The van der Waals surface area contributed by atoms with Gasteiger partial charge in [-0.2, -0.15) is 0 Å². The van der Waals surface area contributed by atoms with E-state index in [0.717, 1.165) is 24.8 Å². The summed E-state index contributed by atoms with van der Waals surface area (Å²) in [5, 5.41) is 3.74. The van der Waals surface area contributed by atoms with E-state index >= 15 is 0 Å². The molecule has 0 unspecified atom stereocenters. The van der Waals surface area contributed by atoms with Crippen LogP contribution in [0.15, 0.2) is 24.3 Å². The van der Waals surface area contributed by atoms with Gasteiger partial charge in [-0.3, -0.25) is 9.59 Å². The smallest absolute Gasteiger partial charge is 0.225 e. The summed E-state index contributed by atoms with van der Waals surface area (Å²) in [5.74, 6) is -0.0777. The predicted molar refractivity (Wildman–Crippen MR) is 85.6 cm³/mol. The molecular formula is C17H21ClN2O2. The quantitative estimate of drug-likeness (QED) is 0.905. The number of carbonyl (C=O) groups excluding carboxylic acids is 2. The molecule has 2 atom stereocenters. The zero-order chi connectivity index (χ0) is 15.7. The van der Waals surface area contributed by atoms with E-state index in [1.807, 2.05) is 36.1 Å². The first-order chi connectivity index (χ1) is 10.5. The van der Waals surface area contributed by atoms with Crippen molar-refractivity contribution in [3.8, 4) is 0 Å². The summed E-state index contributed by atoms with van der Waals surface area (Å²) < 4.78 is 0. The van der Waals surface area contributed by atoms with E-state index in [1.165, 1.54) is 0 Å². The molecule has 1 aromatic carbocycles. The van der Waals surface area contributed by atoms with Crippen LogP contribution in [0.3, 0.4) is 0 Å². The lowest BCUT2D eigenvalue weighted by atomic mass is 10.0. The standard InChI is InChI=1S/C17H21ClN2O2/c1-11(7-12-3-2-4-14(18)8-12)19-17(22)13-9-16(21)20(10-13)15-5-6-15/h2-4,8,11,13,15H,5-7,9-10H2,1H3,(H,19,22)/t11-,13-/m1/s1. The number of carbonyl (C=O) groups is 2. The molecule has 1 saturated carbocycles. The third kappa shape index (κ3) is 3.61. The fourth-order valence-electron chi connectivity index (χ4n) is 3.08. The van der Waals surface area contributed by atoms with Crippen molar-refractivity contribution in [2.45, 2.75) is 44.7 Å². The van der Waals surface area contributed by atoms with E-state index in [4.69, 9.17) is 11.6 Å². The van der Waals surface area contributed by atoms with Crippen molar-refractivity contribution >= 4 is 23.4 Å². The number of halogens is 1. The lowest BCUT2D eigenvalue weighted by Gasteiger charge is -2.18. The second kappa shape index (κ2) is 6.29. The second-order valence-corrected chi connectivity index (χ2v) is 6.86. The van der Waals surface area contributed by atoms with Crippen LogP contribution >= 0.6 is 11.6 Å². The molecule has 1 heterocycles. The van der Waals surface area contributed by atoms with Crippen LogP contribution in [-0.4, -0.2) is 35.3 Å². The lowest BCUT2D eigenvalue weighted by molar-refractivity contribution is -0.129. The summed E-state index contributed by atoms with van der Waals surface area (Å²) in [6.07, 6.45) is 3.27. The molecule has 1 aliphatic heterocycles. The molecule has 118 valence electrons. The fourth-order valence-corrected chi connectivity index (χ4v) is 3.29. The number of hydrogen-bond acceptors (Lipinski definition) is 2. The first-order valence-corrected chi connectivity index (χ1v) is 8.25. The Labute approximate surface area is 135 Å². The Morgan fingerprint density at radius 3 is 2.91 bits per heavy atom. The van der Waals surface area contributed by atoms with Crippen molar-refractivity contribution in [3.05, 3.63) is 34.9 Å². The largest absolute Gasteiger partial charge is 0.353 e. The van der Waals surface area contributed by atoms with Gasteiger partial charge in [-0.25, -0.2) is 0 Å². The van der Waals surface area contributed by atoms with E-state index in [0.29, 0.717) is 24.0 Å². The minimum Gasteiger partial charge on any atom is -0.353 e. The molecule has 1 aromatic rings. The van der Waals surface area contributed by atoms with Crippen LogP contribution in [0.5, 0.6) is 0 Å². The van der Waals surface area contributed by atoms with Gasteiger partial charge in [-0.15, -0.1) is 0 Å². The van der Waals surface area contributed by atoms with Crippen molar-refractivity contribution in [3.63, 3.8) is 0 Å². The molecule has 1 saturated heterocycles. The van der Waals surface area contributed by atoms with Gasteiger partial charge in [0.2, 0.25) is 11.8 Å². The summed E-state index contributed by atoms with van der Waals surface area (Å²) >= 11 is 5.97. The highest BCUT2D eigenvalue weighted by molar-refractivity contribution is 6.30. The maximum absolute atomic E-state index is 12.3. The molecule has 2 amide bonds. The Balaban J connectivity index is 1.52. The monoisotopic (exact) mass is 320 g/mol. The highest BCUT2D eigenvalue weighted by Crippen LogP contribution is 2.32. The average molecular weight is 321 g/mol. The molecule has 0 spiro atoms. The first-order valence-electron chi connectivity index (χ1n) is 7.87. The van der Waals surface area contributed by atoms with Crippen LogP contribution in [0.2, 0.25) is 5.02 Å². The fraction of sp³-hybridized carbons (Fsp3) is 0.529. The van der Waals surface area contributed by atoms with Crippen molar-refractivity contribution in [2.24, 2.45) is 5.92 Å². The van der Waals surface area contributed by atoms with E-state index in [-0.39, 0.29) is 23.8 Å². The molecule has 1 N–H and O–H groups in total. The summed E-state index contributed by atoms with van der Waals surface area (Å²) in [6.45, 7) is 2.56. The molecule has 22 heavy (non-hydrogen) atoms. The van der Waals surface area contributed by atoms with Crippen molar-refractivity contribution in [1.82, 2.24) is 10.2 Å². The van der Waals surface area contributed by atoms with Crippen LogP contribution in [-0.2, 0) is 16.0 Å². The number of benzene rings is 1. The first kappa shape index (κ1) is 15.3. The Bertz CT molecular complexity index is 586. The summed E-state index contributed by atoms with van der Waals surface area (Å²) in [6, 6.07) is 8.09. The van der Waals surface area contributed by atoms with E-state index < -0.39 is 0 Å². The Kier molecular flexibility index (Phi) is 4.39. The van der Waals surface area contributed by atoms with Gasteiger partial charge >= 0.3 is 0 Å². The minimum atomic E-state index is -0.199. The molecular weight excluding hydrogens is 300 g/mol. The molecule has 0 radical (unpaired) electrons. The third-order valence-electron chi connectivity index (χ3n) is 4.34. The van der Waals surface area contributed by atoms with Crippen LogP contribution < -0.4 is 5.32 Å². The maximum Gasteiger partial charge on any atom is 0.225 e. The van der Waals surface area contributed by atoms with Gasteiger partial charge in [0, 0.05) is 30.1 Å². The van der Waals surface area contributed by atoms with Gasteiger partial charge in [0.25, 0.3) is 0 Å². The summed E-state index contributed by atoms with van der Waals surface area (Å²) in [7, 11) is 0. The molecule has 0 aromatic heterocycles. The normalized spacial score (nSPS) is 22.7. The molecule has 3 rings (SSSR count). The zero-order valence-corrected chi connectivity index (χ0v) is 13.5. The number of hydrogen-bond donors (Lipinski definition) is 1. The highest BCUT2D eigenvalue weighted by atomic mass is 35.5. The van der Waals surface area contributed by atoms with Crippen molar-refractivity contribution in [1.29, 1.82) is 0 Å². The number of nitrogens with one attached hydrogen (secondary N) is 1. The van der Waals surface area contributed by atoms with Crippen molar-refractivity contribution in [2.75, 3.05) is 6.54 Å². The molecule has 1 aliphatic carbocycles. The number of amides is 2. The Morgan fingerprint density at radius 2 is 2.23 bits per heavy atom. The number of nitrogens with zero attached hydrogens (tertiary/aromatic N) is 1. The van der Waals surface area contributed by atoms with Gasteiger partial charge in [0.05, 0.1) is 5.92 Å². The summed E-state index contributed by atoms with van der Waals surface area (Å²) in [4.78, 5) is 26.1. The van der Waals surface area contributed by atoms with Crippen LogP contribution in [0.4, 0.5) is 0 Å². The minimum absolute atomic E-state index is 0.00831. The number of likely N-dealkylation sites (tertiary alicyclic amines) is 1. The van der Waals surface area contributed by atoms with Gasteiger partial charge in [0.15, 0.2) is 0 Å². The van der Waals surface area contributed by atoms with Gasteiger partial charge in [0.1, 0.15) is 0 Å². The molecule has 0 bridgehead atoms. The Hall–Kier alpha value is -1.55. The third-order valence-corrected chi connectivity index (χ3v) is 4.57. The zero-order valence-electron chi connectivity index (χ0n) is 12.7. The van der Waals surface area contributed by atoms with Gasteiger partial charge in [-0.05, 0) is 43.9 Å². The highest BCUT2D eigenvalue weighted by Gasteiger charge is 2.41. The molecule has 2 fully saturated rings. The maximum atomic E-state index is 12.3. The van der Waals surface area contributed by atoms with Crippen molar-refractivity contribution < 1.29 is 9.59 Å². The van der Waals surface area contributed by atoms with E-state index in [9.17, 15) is 9.59 Å². The lowest BCUT2D eigenvalue weighted by Crippen LogP contribution is -2.39. The topological polar surface area (TPSA) is 49.4 Å². The predicted octanol–water partition coefficient (Wildman–Crippen LogP) is 2.40. The van der Waals surface area contributed by atoms with Crippen LogP contribution in [0.1, 0.15) is 31.7 Å². The molecule has 4 nitrogen and oxygen atoms in total. The average Bonchev–Trinajstić information content (AvgIpc) is 3.21. The van der Waals surface area contributed by atoms with E-state index in [1.54, 1.807) is 0 Å². The van der Waals surface area contributed by atoms with E-state index in [2.05, 4.69) is 5.32 Å².